The normalized spacial score (nSPS) is 14.5. The molecule has 1 spiro atoms. The number of hydrogen-bond donors (Lipinski definition) is 0. The van der Waals surface area contributed by atoms with Crippen LogP contribution in [0.5, 0.6) is 0 Å². The van der Waals surface area contributed by atoms with Gasteiger partial charge in [0.15, 0.2) is 17.5 Å². The summed E-state index contributed by atoms with van der Waals surface area (Å²) in [5.74, 6) is 1.99. The monoisotopic (exact) mass is 932 g/mol. The first-order chi connectivity index (χ1) is 35.5. The van der Waals surface area contributed by atoms with Crippen LogP contribution in [0.1, 0.15) is 47.2 Å². The molecule has 5 heteroatoms. The third-order valence-corrected chi connectivity index (χ3v) is 18.0. The SMILES string of the molecule is CC1(C)c2cccc3c2-c2c1cc(-c1nc(-c4cccc5c4-c4ccccc4C54c5ccccc5-c5ccccc54)nc(-c4cccc5sc6ccccc6c45)n1)c1c4ccccc4n(c21)-c1ccccc1-3. The number of thiophene rings is 1. The molecule has 0 saturated carbocycles. The summed E-state index contributed by atoms with van der Waals surface area (Å²) in [6, 6.07) is 76.5. The van der Waals surface area contributed by atoms with Crippen molar-refractivity contribution in [3.05, 3.63) is 240 Å². The molecule has 3 aromatic heterocycles. The molecule has 0 bridgehead atoms. The quantitative estimate of drug-likeness (QED) is 0.177. The van der Waals surface area contributed by atoms with Gasteiger partial charge in [-0.2, -0.15) is 0 Å². The van der Waals surface area contributed by atoms with Crippen LogP contribution in [0.4, 0.5) is 0 Å². The number of nitrogens with zero attached hydrogens (tertiary/aromatic N) is 4. The third-order valence-electron chi connectivity index (χ3n) is 16.8. The second kappa shape index (κ2) is 13.5. The summed E-state index contributed by atoms with van der Waals surface area (Å²) in [5.41, 5.74) is 23.6. The van der Waals surface area contributed by atoms with E-state index in [2.05, 4.69) is 225 Å². The van der Waals surface area contributed by atoms with E-state index in [0.717, 1.165) is 27.6 Å². The van der Waals surface area contributed by atoms with Gasteiger partial charge in [-0.1, -0.05) is 190 Å². The minimum absolute atomic E-state index is 0.302. The molecule has 0 unspecified atom stereocenters. The Bertz CT molecular complexity index is 4580. The summed E-state index contributed by atoms with van der Waals surface area (Å²) in [5, 5.41) is 4.71. The molecule has 334 valence electrons. The zero-order chi connectivity index (χ0) is 47.2. The van der Waals surface area contributed by atoms with Gasteiger partial charge in [0, 0.05) is 64.2 Å². The predicted octanol–water partition coefficient (Wildman–Crippen LogP) is 17.0. The van der Waals surface area contributed by atoms with E-state index in [-0.39, 0.29) is 5.41 Å². The fourth-order valence-corrected chi connectivity index (χ4v) is 15.1. The Morgan fingerprint density at radius 2 is 0.889 bits per heavy atom. The van der Waals surface area contributed by atoms with Crippen molar-refractivity contribution in [2.45, 2.75) is 24.7 Å². The van der Waals surface area contributed by atoms with Crippen LogP contribution < -0.4 is 0 Å². The molecular formula is C67H40N4S. The molecule has 17 rings (SSSR count). The Kier molecular flexibility index (Phi) is 7.34. The molecule has 1 aliphatic heterocycles. The lowest BCUT2D eigenvalue weighted by atomic mass is 9.70. The molecule has 3 aliphatic carbocycles. The van der Waals surface area contributed by atoms with Crippen LogP contribution in [0.15, 0.2) is 206 Å². The van der Waals surface area contributed by atoms with Gasteiger partial charge < -0.3 is 4.57 Å². The summed E-state index contributed by atoms with van der Waals surface area (Å²) < 4.78 is 4.99. The Hall–Kier alpha value is -8.77. The maximum atomic E-state index is 5.83. The molecular weight excluding hydrogens is 893 g/mol. The van der Waals surface area contributed by atoms with Gasteiger partial charge in [0.2, 0.25) is 0 Å². The van der Waals surface area contributed by atoms with Gasteiger partial charge in [-0.15, -0.1) is 11.3 Å². The first-order valence-electron chi connectivity index (χ1n) is 24.9. The van der Waals surface area contributed by atoms with Crippen LogP contribution in [0.3, 0.4) is 0 Å². The van der Waals surface area contributed by atoms with E-state index in [1.54, 1.807) is 0 Å². The highest BCUT2D eigenvalue weighted by Gasteiger charge is 2.52. The molecule has 0 saturated heterocycles. The smallest absolute Gasteiger partial charge is 0.164 e. The minimum atomic E-state index is -0.509. The van der Waals surface area contributed by atoms with Crippen molar-refractivity contribution in [3.63, 3.8) is 0 Å². The number of fused-ring (bicyclic) bond motifs is 19. The van der Waals surface area contributed by atoms with Gasteiger partial charge in [-0.05, 0) is 97.1 Å². The topological polar surface area (TPSA) is 43.6 Å². The number of hydrogen-bond acceptors (Lipinski definition) is 4. The largest absolute Gasteiger partial charge is 0.308 e. The van der Waals surface area contributed by atoms with Crippen molar-refractivity contribution in [1.82, 2.24) is 19.5 Å². The van der Waals surface area contributed by atoms with Gasteiger partial charge in [0.25, 0.3) is 0 Å². The Morgan fingerprint density at radius 3 is 1.67 bits per heavy atom. The second-order valence-corrected chi connectivity index (χ2v) is 21.6. The fourth-order valence-electron chi connectivity index (χ4n) is 14.0. The molecule has 10 aromatic carbocycles. The van der Waals surface area contributed by atoms with Crippen molar-refractivity contribution in [1.29, 1.82) is 0 Å². The standard InChI is InChI=1S/C67H40N4S/c1-66(2)50-30-15-24-40-39-20-6-12-32-53(39)71-54-33-13-7-22-42(54)59-46(36-52(66)61(60(40)50)62(59)71)65-69-63(68-64(70-65)45-26-17-35-56-58(45)43-23-8-14-34-55(43)72-56)44-25-16-31-51-57(44)41-21-5-11-29-49(41)67(51)47-27-9-3-18-37(47)38-19-4-10-28-48(38)67/h3-36H,1-2H3. The lowest BCUT2D eigenvalue weighted by molar-refractivity contribution is 0.661. The summed E-state index contributed by atoms with van der Waals surface area (Å²) in [6.45, 7) is 4.79. The molecule has 4 heterocycles. The summed E-state index contributed by atoms with van der Waals surface area (Å²) in [7, 11) is 0. The highest BCUT2D eigenvalue weighted by atomic mass is 32.1. The van der Waals surface area contributed by atoms with Crippen LogP contribution in [0.2, 0.25) is 0 Å². The fraction of sp³-hybridized carbons (Fsp3) is 0.0597. The molecule has 4 aliphatic rings. The number of aromatic nitrogens is 4. The number of rotatable bonds is 3. The maximum absolute atomic E-state index is 5.83. The van der Waals surface area contributed by atoms with E-state index < -0.39 is 5.41 Å². The lowest BCUT2D eigenvalue weighted by Gasteiger charge is -2.30. The Labute approximate surface area is 419 Å². The van der Waals surface area contributed by atoms with Crippen LogP contribution in [0.25, 0.3) is 126 Å². The second-order valence-electron chi connectivity index (χ2n) is 20.5. The third kappa shape index (κ3) is 4.62. The van der Waals surface area contributed by atoms with E-state index in [0.29, 0.717) is 17.5 Å². The summed E-state index contributed by atoms with van der Waals surface area (Å²) in [6.07, 6.45) is 0. The molecule has 0 fully saturated rings. The summed E-state index contributed by atoms with van der Waals surface area (Å²) >= 11 is 1.82. The molecule has 13 aromatic rings. The molecule has 0 radical (unpaired) electrons. The van der Waals surface area contributed by atoms with Gasteiger partial charge in [0.05, 0.1) is 22.1 Å². The van der Waals surface area contributed by atoms with E-state index in [1.807, 2.05) is 11.3 Å². The molecule has 0 N–H and O–H groups in total. The molecule has 0 atom stereocenters. The van der Waals surface area contributed by atoms with Gasteiger partial charge in [-0.3, -0.25) is 0 Å². The predicted molar refractivity (Wildman–Crippen MR) is 296 cm³/mol. The van der Waals surface area contributed by atoms with Crippen molar-refractivity contribution in [3.8, 4) is 84.4 Å². The Balaban J connectivity index is 1.02. The zero-order valence-electron chi connectivity index (χ0n) is 39.3. The first kappa shape index (κ1) is 39.0. The highest BCUT2D eigenvalue weighted by Crippen LogP contribution is 2.64. The van der Waals surface area contributed by atoms with Crippen LogP contribution >= 0.6 is 11.3 Å². The lowest BCUT2D eigenvalue weighted by Crippen LogP contribution is -2.25. The Morgan fingerprint density at radius 1 is 0.361 bits per heavy atom. The van der Waals surface area contributed by atoms with Crippen molar-refractivity contribution < 1.29 is 0 Å². The van der Waals surface area contributed by atoms with E-state index in [4.69, 9.17) is 15.0 Å². The van der Waals surface area contributed by atoms with Gasteiger partial charge in [0.1, 0.15) is 0 Å². The van der Waals surface area contributed by atoms with Gasteiger partial charge in [-0.25, -0.2) is 15.0 Å². The van der Waals surface area contributed by atoms with E-state index >= 15 is 0 Å². The van der Waals surface area contributed by atoms with Crippen LogP contribution in [0, 0.1) is 0 Å². The van der Waals surface area contributed by atoms with Crippen LogP contribution in [-0.4, -0.2) is 19.5 Å². The average Bonchev–Trinajstić information content (AvgIpc) is 4.19. The number of benzene rings is 10. The molecule has 0 amide bonds. The highest BCUT2D eigenvalue weighted by molar-refractivity contribution is 7.25. The summed E-state index contributed by atoms with van der Waals surface area (Å²) in [4.78, 5) is 17.3. The molecule has 4 nitrogen and oxygen atoms in total. The zero-order valence-corrected chi connectivity index (χ0v) is 40.1. The van der Waals surface area contributed by atoms with Crippen molar-refractivity contribution in [2.24, 2.45) is 0 Å². The average molecular weight is 933 g/mol. The minimum Gasteiger partial charge on any atom is -0.308 e. The van der Waals surface area contributed by atoms with Gasteiger partial charge >= 0.3 is 0 Å². The van der Waals surface area contributed by atoms with Crippen molar-refractivity contribution >= 4 is 53.3 Å². The van der Waals surface area contributed by atoms with E-state index in [1.165, 1.54) is 115 Å². The van der Waals surface area contributed by atoms with Crippen LogP contribution in [-0.2, 0) is 10.8 Å². The van der Waals surface area contributed by atoms with E-state index in [9.17, 15) is 0 Å². The molecule has 72 heavy (non-hydrogen) atoms. The number of para-hydroxylation sites is 2. The first-order valence-corrected chi connectivity index (χ1v) is 25.8. The van der Waals surface area contributed by atoms with Crippen molar-refractivity contribution in [2.75, 3.05) is 0 Å². The maximum Gasteiger partial charge on any atom is 0.164 e.